The zero-order chi connectivity index (χ0) is 44.1. The predicted molar refractivity (Wildman–Crippen MR) is 245 cm³/mol. The number of morpholine rings is 1. The van der Waals surface area contributed by atoms with Gasteiger partial charge in [0.2, 0.25) is 11.9 Å². The molecule has 0 radical (unpaired) electrons. The highest BCUT2D eigenvalue weighted by Crippen LogP contribution is 2.37. The average Bonchev–Trinajstić information content (AvgIpc) is 3.90. The van der Waals surface area contributed by atoms with Crippen LogP contribution in [0, 0.1) is 5.92 Å². The molecule has 4 saturated heterocycles. The van der Waals surface area contributed by atoms with Crippen LogP contribution in [-0.2, 0) is 35.7 Å². The standard InChI is InChI=1S/C47H57N11O5S/c1-29(2)37-19-38(41(60)20-40(37)59)46(62)57-24-32-4-3-30(17-33(32)25-57)23-53-7-5-31(6-8-53)45(61)58-26-35(27-58)55-11-9-54(10-12-55)28-36-18-39-42(64-36)44(56-13-15-63-16-14-56)52-43(51-39)34-21-49-47(48)50-22-34/h3-4,17-22,29,31,35,59-60H,5-16,23-28H2,1-2H3,(H2,48,49,50). The minimum atomic E-state index is -0.239. The van der Waals surface area contributed by atoms with Crippen molar-refractivity contribution in [2.45, 2.75) is 64.8 Å². The molecule has 17 heteroatoms. The molecule has 0 unspecified atom stereocenters. The van der Waals surface area contributed by atoms with Crippen LogP contribution in [-0.4, -0.2) is 151 Å². The lowest BCUT2D eigenvalue weighted by atomic mass is 9.92. The minimum Gasteiger partial charge on any atom is -0.508 e. The fraction of sp³-hybridized carbons (Fsp3) is 0.489. The number of hydrogen-bond acceptors (Lipinski definition) is 15. The van der Waals surface area contributed by atoms with E-state index in [0.717, 1.165) is 124 Å². The number of rotatable bonds is 10. The number of nitrogen functional groups attached to an aromatic ring is 1. The smallest absolute Gasteiger partial charge is 0.258 e. The molecule has 2 aromatic carbocycles. The van der Waals surface area contributed by atoms with E-state index >= 15 is 0 Å². The van der Waals surface area contributed by atoms with Gasteiger partial charge in [0, 0.05) is 114 Å². The number of ether oxygens (including phenoxy) is 1. The van der Waals surface area contributed by atoms with Gasteiger partial charge in [0.15, 0.2) is 11.6 Å². The van der Waals surface area contributed by atoms with Gasteiger partial charge in [-0.15, -0.1) is 11.3 Å². The van der Waals surface area contributed by atoms with Gasteiger partial charge in [0.1, 0.15) is 11.5 Å². The number of piperazine rings is 1. The number of thiophene rings is 1. The summed E-state index contributed by atoms with van der Waals surface area (Å²) in [4.78, 5) is 60.4. The molecule has 0 bridgehead atoms. The first-order valence-corrected chi connectivity index (χ1v) is 23.5. The summed E-state index contributed by atoms with van der Waals surface area (Å²) < 4.78 is 6.74. The van der Waals surface area contributed by atoms with E-state index in [-0.39, 0.29) is 40.8 Å². The minimum absolute atomic E-state index is 0.00135. The Kier molecular flexibility index (Phi) is 11.8. The van der Waals surface area contributed by atoms with Crippen LogP contribution in [0.1, 0.15) is 70.1 Å². The first-order valence-electron chi connectivity index (χ1n) is 22.7. The molecule has 16 nitrogen and oxygen atoms in total. The topological polar surface area (TPSA) is 181 Å². The summed E-state index contributed by atoms with van der Waals surface area (Å²) in [6, 6.07) is 12.0. The number of aromatic nitrogens is 4. The van der Waals surface area contributed by atoms with E-state index in [0.29, 0.717) is 49.6 Å². The molecule has 10 rings (SSSR count). The van der Waals surface area contributed by atoms with Gasteiger partial charge >= 0.3 is 0 Å². The number of aromatic hydroxyl groups is 2. The number of likely N-dealkylation sites (tertiary alicyclic amines) is 2. The quantitative estimate of drug-likeness (QED) is 0.178. The lowest BCUT2D eigenvalue weighted by Crippen LogP contribution is -2.65. The molecule has 8 heterocycles. The molecule has 4 N–H and O–H groups in total. The average molecular weight is 888 g/mol. The lowest BCUT2D eigenvalue weighted by Gasteiger charge is -2.49. The van der Waals surface area contributed by atoms with Gasteiger partial charge in [-0.3, -0.25) is 24.3 Å². The van der Waals surface area contributed by atoms with Crippen molar-refractivity contribution in [1.29, 1.82) is 0 Å². The maximum atomic E-state index is 13.6. The van der Waals surface area contributed by atoms with Gasteiger partial charge in [-0.25, -0.2) is 19.9 Å². The molecule has 4 fully saturated rings. The summed E-state index contributed by atoms with van der Waals surface area (Å²) in [5.41, 5.74) is 11.7. The van der Waals surface area contributed by atoms with Crippen molar-refractivity contribution in [3.63, 3.8) is 0 Å². The second kappa shape index (κ2) is 17.8. The van der Waals surface area contributed by atoms with E-state index in [9.17, 15) is 19.8 Å². The molecule has 336 valence electrons. The first kappa shape index (κ1) is 42.5. The number of carbonyl (C=O) groups excluding carboxylic acids is 2. The van der Waals surface area contributed by atoms with Crippen LogP contribution in [0.15, 0.2) is 48.8 Å². The van der Waals surface area contributed by atoms with E-state index < -0.39 is 0 Å². The third-order valence-corrected chi connectivity index (χ3v) is 14.8. The van der Waals surface area contributed by atoms with E-state index in [1.165, 1.54) is 16.5 Å². The highest BCUT2D eigenvalue weighted by molar-refractivity contribution is 7.19. The number of fused-ring (bicyclic) bond motifs is 2. The molecule has 0 aliphatic carbocycles. The molecule has 64 heavy (non-hydrogen) atoms. The third-order valence-electron chi connectivity index (χ3n) is 13.7. The van der Waals surface area contributed by atoms with E-state index in [2.05, 4.69) is 58.7 Å². The van der Waals surface area contributed by atoms with Crippen LogP contribution in [0.4, 0.5) is 11.8 Å². The summed E-state index contributed by atoms with van der Waals surface area (Å²) >= 11 is 1.78. The Balaban J connectivity index is 0.676. The van der Waals surface area contributed by atoms with Gasteiger partial charge in [-0.2, -0.15) is 0 Å². The predicted octanol–water partition coefficient (Wildman–Crippen LogP) is 4.50. The van der Waals surface area contributed by atoms with Crippen LogP contribution >= 0.6 is 11.3 Å². The highest BCUT2D eigenvalue weighted by Gasteiger charge is 2.39. The first-order chi connectivity index (χ1) is 31.0. The Morgan fingerprint density at radius 1 is 0.828 bits per heavy atom. The largest absolute Gasteiger partial charge is 0.508 e. The van der Waals surface area contributed by atoms with Crippen molar-refractivity contribution in [2.24, 2.45) is 5.92 Å². The van der Waals surface area contributed by atoms with Crippen molar-refractivity contribution in [3.8, 4) is 22.9 Å². The monoisotopic (exact) mass is 887 g/mol. The van der Waals surface area contributed by atoms with Crippen molar-refractivity contribution in [3.05, 3.63) is 81.5 Å². The fourth-order valence-corrected chi connectivity index (χ4v) is 11.1. The second-order valence-corrected chi connectivity index (χ2v) is 19.5. The molecule has 5 aliphatic rings. The summed E-state index contributed by atoms with van der Waals surface area (Å²) in [6.45, 7) is 16.8. The Labute approximate surface area is 377 Å². The molecular weight excluding hydrogens is 831 g/mol. The number of nitrogens with two attached hydrogens (primary N) is 1. The summed E-state index contributed by atoms with van der Waals surface area (Å²) in [5.74, 6) is 1.72. The molecule has 3 aromatic heterocycles. The number of phenolic OH excluding ortho intramolecular Hbond substituents is 2. The van der Waals surface area contributed by atoms with Crippen molar-refractivity contribution in [2.75, 3.05) is 89.3 Å². The third kappa shape index (κ3) is 8.71. The van der Waals surface area contributed by atoms with Gasteiger partial charge in [-0.05, 0) is 66.2 Å². The summed E-state index contributed by atoms with van der Waals surface area (Å²) in [6.07, 6.45) is 5.10. The van der Waals surface area contributed by atoms with E-state index in [1.54, 1.807) is 34.7 Å². The van der Waals surface area contributed by atoms with Crippen LogP contribution in [0.3, 0.4) is 0 Å². The van der Waals surface area contributed by atoms with E-state index in [4.69, 9.17) is 20.4 Å². The van der Waals surface area contributed by atoms with Gasteiger partial charge < -0.3 is 35.4 Å². The number of carbonyl (C=O) groups is 2. The van der Waals surface area contributed by atoms with Crippen LogP contribution in [0.5, 0.6) is 11.5 Å². The normalized spacial score (nSPS) is 19.5. The zero-order valence-corrected chi connectivity index (χ0v) is 37.5. The number of amides is 2. The van der Waals surface area contributed by atoms with Crippen molar-refractivity contribution < 1.29 is 24.5 Å². The number of piperidine rings is 1. The summed E-state index contributed by atoms with van der Waals surface area (Å²) in [5, 5.41) is 20.8. The number of anilines is 2. The molecule has 0 saturated carbocycles. The van der Waals surface area contributed by atoms with Gasteiger partial charge in [0.25, 0.3) is 5.91 Å². The van der Waals surface area contributed by atoms with Crippen molar-refractivity contribution in [1.82, 2.24) is 44.4 Å². The van der Waals surface area contributed by atoms with Gasteiger partial charge in [-0.1, -0.05) is 32.0 Å². The van der Waals surface area contributed by atoms with Crippen LogP contribution in [0.2, 0.25) is 0 Å². The van der Waals surface area contributed by atoms with Crippen LogP contribution < -0.4 is 10.6 Å². The number of phenols is 2. The SMILES string of the molecule is CC(C)c1cc(C(=O)N2Cc3ccc(CN4CCC(C(=O)N5CC(N6CCN(Cc7cc8nc(-c9cnc(N)nc9)nc(N9CCOCC9)c8s7)CC6)C5)CC4)cc3C2)c(O)cc1O. The second-order valence-electron chi connectivity index (χ2n) is 18.3. The Morgan fingerprint density at radius 3 is 2.28 bits per heavy atom. The lowest BCUT2D eigenvalue weighted by molar-refractivity contribution is -0.145. The Bertz CT molecular complexity index is 2520. The molecule has 0 spiro atoms. The van der Waals surface area contributed by atoms with Gasteiger partial charge in [0.05, 0.1) is 34.6 Å². The number of benzene rings is 2. The molecule has 0 atom stereocenters. The van der Waals surface area contributed by atoms with Crippen LogP contribution in [0.25, 0.3) is 21.6 Å². The number of nitrogens with zero attached hydrogens (tertiary/aromatic N) is 10. The zero-order valence-electron chi connectivity index (χ0n) is 36.7. The van der Waals surface area contributed by atoms with Crippen molar-refractivity contribution >= 4 is 45.1 Å². The molecular formula is C47H57N11O5S. The molecule has 2 amide bonds. The molecule has 5 aromatic rings. The fourth-order valence-electron chi connectivity index (χ4n) is 9.93. The maximum Gasteiger partial charge on any atom is 0.258 e. The maximum absolute atomic E-state index is 13.6. The molecule has 5 aliphatic heterocycles. The number of hydrogen-bond donors (Lipinski definition) is 3. The highest BCUT2D eigenvalue weighted by atomic mass is 32.1. The Hall–Kier alpha value is -5.46. The Morgan fingerprint density at radius 2 is 1.55 bits per heavy atom. The van der Waals surface area contributed by atoms with E-state index in [1.807, 2.05) is 13.8 Å². The summed E-state index contributed by atoms with van der Waals surface area (Å²) in [7, 11) is 0.